The highest BCUT2D eigenvalue weighted by Gasteiger charge is 2.40. The number of anilines is 1. The molecule has 0 unspecified atom stereocenters. The van der Waals surface area contributed by atoms with Crippen LogP contribution in [0.25, 0.3) is 11.2 Å². The summed E-state index contributed by atoms with van der Waals surface area (Å²) in [6.45, 7) is 0.484. The van der Waals surface area contributed by atoms with Gasteiger partial charge in [-0.2, -0.15) is 0 Å². The minimum Gasteiger partial charge on any atom is -0.389 e. The second-order valence-corrected chi connectivity index (χ2v) is 6.18. The van der Waals surface area contributed by atoms with E-state index >= 15 is 0 Å². The van der Waals surface area contributed by atoms with Crippen molar-refractivity contribution < 1.29 is 9.90 Å². The number of rotatable bonds is 5. The first-order chi connectivity index (χ1) is 11.5. The normalized spacial score (nSPS) is 23.7. The number of imidazole rings is 1. The molecular weight excluding hydrogens is 310 g/mol. The SMILES string of the molecule is CN(C(=O)CCCN)[C@@H]1CC[C@H](n2cnc3c(N)ncnc32)[C@H]1O. The van der Waals surface area contributed by atoms with Gasteiger partial charge < -0.3 is 26.0 Å². The van der Waals surface area contributed by atoms with Gasteiger partial charge in [-0.05, 0) is 25.8 Å². The molecule has 1 saturated carbocycles. The Bertz CT molecular complexity index is 732. The van der Waals surface area contributed by atoms with Crippen molar-refractivity contribution in [2.24, 2.45) is 5.73 Å². The lowest BCUT2D eigenvalue weighted by atomic mass is 10.1. The number of fused-ring (bicyclic) bond motifs is 1. The monoisotopic (exact) mass is 333 g/mol. The van der Waals surface area contributed by atoms with Crippen molar-refractivity contribution in [2.75, 3.05) is 19.3 Å². The van der Waals surface area contributed by atoms with Crippen LogP contribution in [-0.2, 0) is 4.79 Å². The Labute approximate surface area is 139 Å². The van der Waals surface area contributed by atoms with Gasteiger partial charge >= 0.3 is 0 Å². The molecule has 2 heterocycles. The summed E-state index contributed by atoms with van der Waals surface area (Å²) in [5.41, 5.74) is 12.4. The summed E-state index contributed by atoms with van der Waals surface area (Å²) in [6, 6.07) is -0.420. The predicted octanol–water partition coefficient (Wildman–Crippen LogP) is -0.330. The molecule has 2 aromatic rings. The van der Waals surface area contributed by atoms with Crippen LogP contribution in [0.5, 0.6) is 0 Å². The molecule has 5 N–H and O–H groups in total. The van der Waals surface area contributed by atoms with Crippen molar-refractivity contribution in [1.29, 1.82) is 0 Å². The van der Waals surface area contributed by atoms with Crippen LogP contribution in [0.4, 0.5) is 5.82 Å². The largest absolute Gasteiger partial charge is 0.389 e. The van der Waals surface area contributed by atoms with E-state index in [1.807, 2.05) is 4.57 Å². The molecule has 1 fully saturated rings. The first kappa shape index (κ1) is 16.6. The van der Waals surface area contributed by atoms with Gasteiger partial charge in [-0.1, -0.05) is 0 Å². The number of aliphatic hydroxyl groups is 1. The van der Waals surface area contributed by atoms with E-state index in [0.717, 1.165) is 12.8 Å². The lowest BCUT2D eigenvalue weighted by Gasteiger charge is -2.29. The molecule has 0 bridgehead atoms. The van der Waals surface area contributed by atoms with Gasteiger partial charge in [0.1, 0.15) is 11.8 Å². The molecule has 3 atom stereocenters. The molecule has 0 aromatic carbocycles. The zero-order valence-corrected chi connectivity index (χ0v) is 13.7. The van der Waals surface area contributed by atoms with E-state index < -0.39 is 6.10 Å². The number of aromatic nitrogens is 4. The first-order valence-corrected chi connectivity index (χ1v) is 8.11. The van der Waals surface area contributed by atoms with Gasteiger partial charge in [0.25, 0.3) is 0 Å². The fraction of sp³-hybridized carbons (Fsp3) is 0.600. The van der Waals surface area contributed by atoms with Gasteiger partial charge in [-0.25, -0.2) is 15.0 Å². The summed E-state index contributed by atoms with van der Waals surface area (Å²) in [5, 5.41) is 10.8. The van der Waals surface area contributed by atoms with E-state index in [-0.39, 0.29) is 18.0 Å². The Kier molecular flexibility index (Phi) is 4.63. The number of nitrogens with two attached hydrogens (primary N) is 2. The molecule has 1 amide bonds. The molecule has 1 aliphatic carbocycles. The standard InChI is InChI=1S/C15H23N7O2/c1-21(11(23)3-2-6-16)9-4-5-10(13(9)24)22-8-20-12-14(17)18-7-19-15(12)22/h7-10,13,24H,2-6,16H2,1H3,(H2,17,18,19)/t9-,10+,13+/m1/s1. The van der Waals surface area contributed by atoms with Crippen molar-refractivity contribution >= 4 is 22.9 Å². The van der Waals surface area contributed by atoms with Crippen LogP contribution >= 0.6 is 0 Å². The molecule has 0 aliphatic heterocycles. The van der Waals surface area contributed by atoms with E-state index in [0.29, 0.717) is 36.4 Å². The van der Waals surface area contributed by atoms with Crippen molar-refractivity contribution in [3.8, 4) is 0 Å². The number of carbonyl (C=O) groups is 1. The average Bonchev–Trinajstić information content (AvgIpc) is 3.16. The van der Waals surface area contributed by atoms with Crippen LogP contribution in [0.2, 0.25) is 0 Å². The van der Waals surface area contributed by atoms with Crippen molar-refractivity contribution in [3.05, 3.63) is 12.7 Å². The van der Waals surface area contributed by atoms with E-state index in [1.165, 1.54) is 6.33 Å². The maximum absolute atomic E-state index is 12.2. The third kappa shape index (κ3) is 2.80. The maximum atomic E-state index is 12.2. The fourth-order valence-electron chi connectivity index (χ4n) is 3.39. The second kappa shape index (κ2) is 6.70. The number of nitrogens with zero attached hydrogens (tertiary/aromatic N) is 5. The molecule has 0 radical (unpaired) electrons. The summed E-state index contributed by atoms with van der Waals surface area (Å²) >= 11 is 0. The van der Waals surface area contributed by atoms with E-state index in [2.05, 4.69) is 15.0 Å². The lowest BCUT2D eigenvalue weighted by molar-refractivity contribution is -0.134. The van der Waals surface area contributed by atoms with Crippen LogP contribution < -0.4 is 11.5 Å². The molecular formula is C15H23N7O2. The predicted molar refractivity (Wildman–Crippen MR) is 88.9 cm³/mol. The highest BCUT2D eigenvalue weighted by molar-refractivity contribution is 5.81. The molecule has 9 nitrogen and oxygen atoms in total. The smallest absolute Gasteiger partial charge is 0.222 e. The minimum absolute atomic E-state index is 0.00667. The Morgan fingerprint density at radius 2 is 2.21 bits per heavy atom. The van der Waals surface area contributed by atoms with E-state index in [1.54, 1.807) is 18.3 Å². The third-order valence-corrected chi connectivity index (χ3v) is 4.78. The highest BCUT2D eigenvalue weighted by atomic mass is 16.3. The van der Waals surface area contributed by atoms with Gasteiger partial charge in [-0.3, -0.25) is 4.79 Å². The quantitative estimate of drug-likeness (QED) is 0.681. The Morgan fingerprint density at radius 1 is 1.42 bits per heavy atom. The van der Waals surface area contributed by atoms with Crippen LogP contribution in [0.15, 0.2) is 12.7 Å². The van der Waals surface area contributed by atoms with Gasteiger partial charge in [0.2, 0.25) is 5.91 Å². The summed E-state index contributed by atoms with van der Waals surface area (Å²) in [6.07, 6.45) is 4.83. The van der Waals surface area contributed by atoms with Crippen LogP contribution in [-0.4, -0.2) is 61.2 Å². The molecule has 0 saturated heterocycles. The molecule has 1 aliphatic rings. The van der Waals surface area contributed by atoms with Crippen LogP contribution in [0.1, 0.15) is 31.7 Å². The topological polar surface area (TPSA) is 136 Å². The van der Waals surface area contributed by atoms with Gasteiger partial charge in [-0.15, -0.1) is 0 Å². The number of carbonyl (C=O) groups excluding carboxylic acids is 1. The van der Waals surface area contributed by atoms with Gasteiger partial charge in [0.05, 0.1) is 24.5 Å². The Balaban J connectivity index is 1.79. The number of nitrogen functional groups attached to an aromatic ring is 1. The van der Waals surface area contributed by atoms with Crippen molar-refractivity contribution in [3.63, 3.8) is 0 Å². The van der Waals surface area contributed by atoms with Gasteiger partial charge in [0.15, 0.2) is 11.5 Å². The number of amides is 1. The Morgan fingerprint density at radius 3 is 2.96 bits per heavy atom. The zero-order chi connectivity index (χ0) is 17.3. The van der Waals surface area contributed by atoms with Gasteiger partial charge in [0, 0.05) is 13.5 Å². The zero-order valence-electron chi connectivity index (χ0n) is 13.7. The fourth-order valence-corrected chi connectivity index (χ4v) is 3.39. The van der Waals surface area contributed by atoms with E-state index in [9.17, 15) is 9.90 Å². The second-order valence-electron chi connectivity index (χ2n) is 6.18. The summed E-state index contributed by atoms with van der Waals surface area (Å²) in [5.74, 6) is 0.323. The maximum Gasteiger partial charge on any atom is 0.222 e. The number of aliphatic hydroxyl groups excluding tert-OH is 1. The molecule has 2 aromatic heterocycles. The summed E-state index contributed by atoms with van der Waals surface area (Å²) < 4.78 is 1.83. The van der Waals surface area contributed by atoms with Crippen molar-refractivity contribution in [2.45, 2.75) is 43.9 Å². The Hall–Kier alpha value is -2.26. The first-order valence-electron chi connectivity index (χ1n) is 8.11. The van der Waals surface area contributed by atoms with Crippen LogP contribution in [0.3, 0.4) is 0 Å². The number of likely N-dealkylation sites (N-methyl/N-ethyl adjacent to an activating group) is 1. The molecule has 9 heteroatoms. The lowest BCUT2D eigenvalue weighted by Crippen LogP contribution is -2.43. The third-order valence-electron chi connectivity index (χ3n) is 4.78. The number of hydrogen-bond donors (Lipinski definition) is 3. The number of hydrogen-bond acceptors (Lipinski definition) is 7. The van der Waals surface area contributed by atoms with E-state index in [4.69, 9.17) is 11.5 Å². The summed E-state index contributed by atoms with van der Waals surface area (Å²) in [4.78, 5) is 26.2. The minimum atomic E-state index is -0.689. The molecule has 24 heavy (non-hydrogen) atoms. The van der Waals surface area contributed by atoms with Crippen LogP contribution in [0, 0.1) is 0 Å². The van der Waals surface area contributed by atoms with Crippen molar-refractivity contribution in [1.82, 2.24) is 24.4 Å². The molecule has 130 valence electrons. The molecule has 0 spiro atoms. The average molecular weight is 333 g/mol. The summed E-state index contributed by atoms with van der Waals surface area (Å²) in [7, 11) is 1.74. The highest BCUT2D eigenvalue weighted by Crippen LogP contribution is 2.35. The molecule has 3 rings (SSSR count).